The van der Waals surface area contributed by atoms with E-state index < -0.39 is 17.7 Å². The summed E-state index contributed by atoms with van der Waals surface area (Å²) in [6.07, 6.45) is -0.762. The first-order chi connectivity index (χ1) is 13.5. The number of fused-ring (bicyclic) bond motifs is 1. The molecule has 2 heterocycles. The molecule has 4 rings (SSSR count). The van der Waals surface area contributed by atoms with Gasteiger partial charge in [-0.25, -0.2) is 4.79 Å². The molecule has 2 atom stereocenters. The highest BCUT2D eigenvalue weighted by molar-refractivity contribution is 6.07. The number of amides is 3. The van der Waals surface area contributed by atoms with Crippen LogP contribution in [-0.4, -0.2) is 67.4 Å². The molecule has 0 bridgehead atoms. The smallest absolute Gasteiger partial charge is 0.325 e. The first-order valence-electron chi connectivity index (χ1n) is 9.70. The Labute approximate surface area is 163 Å². The molecule has 0 saturated carbocycles. The first-order valence-corrected chi connectivity index (χ1v) is 9.70. The highest BCUT2D eigenvalue weighted by Crippen LogP contribution is 2.31. The number of β-amino-alcohol motifs (C(OH)–C–C–N with tert-alkyl or cyclic N) is 1. The van der Waals surface area contributed by atoms with E-state index in [-0.39, 0.29) is 12.5 Å². The van der Waals surface area contributed by atoms with Gasteiger partial charge in [0.05, 0.1) is 19.8 Å². The third-order valence-electron chi connectivity index (χ3n) is 5.72. The lowest BCUT2D eigenvalue weighted by atomic mass is 9.90. The third-order valence-corrected chi connectivity index (χ3v) is 5.72. The van der Waals surface area contributed by atoms with E-state index in [1.54, 1.807) is 6.92 Å². The van der Waals surface area contributed by atoms with Gasteiger partial charge in [0.2, 0.25) is 0 Å². The first kappa shape index (κ1) is 18.9. The number of nitrogens with zero attached hydrogens (tertiary/aromatic N) is 1. The van der Waals surface area contributed by atoms with Gasteiger partial charge in [-0.3, -0.25) is 9.69 Å². The number of ether oxygens (including phenoxy) is 1. The third kappa shape index (κ3) is 3.48. The number of benzene rings is 2. The molecule has 0 unspecified atom stereocenters. The molecular weight excluding hydrogens is 358 g/mol. The summed E-state index contributed by atoms with van der Waals surface area (Å²) in [6, 6.07) is 13.2. The summed E-state index contributed by atoms with van der Waals surface area (Å²) in [6.45, 7) is 5.21. The molecule has 2 aliphatic heterocycles. The molecule has 28 heavy (non-hydrogen) atoms. The van der Waals surface area contributed by atoms with Gasteiger partial charge in [-0.2, -0.15) is 0 Å². The highest BCUT2D eigenvalue weighted by atomic mass is 16.5. The zero-order valence-corrected chi connectivity index (χ0v) is 16.0. The van der Waals surface area contributed by atoms with E-state index in [1.165, 1.54) is 4.90 Å². The Bertz CT molecular complexity index is 896. The van der Waals surface area contributed by atoms with Crippen molar-refractivity contribution in [2.75, 3.05) is 39.4 Å². The van der Waals surface area contributed by atoms with Crippen LogP contribution in [0.1, 0.15) is 12.5 Å². The maximum atomic E-state index is 13.1. The van der Waals surface area contributed by atoms with E-state index in [4.69, 9.17) is 4.74 Å². The summed E-state index contributed by atoms with van der Waals surface area (Å²) < 4.78 is 5.32. The molecule has 2 saturated heterocycles. The molecule has 0 radical (unpaired) electrons. The fourth-order valence-corrected chi connectivity index (χ4v) is 4.03. The van der Waals surface area contributed by atoms with Crippen molar-refractivity contribution >= 4 is 22.7 Å². The predicted octanol–water partition coefficient (Wildman–Crippen LogP) is -0.117. The van der Waals surface area contributed by atoms with Crippen LogP contribution in [0.25, 0.3) is 10.8 Å². The Morgan fingerprint density at radius 3 is 2.64 bits per heavy atom. The zero-order valence-electron chi connectivity index (χ0n) is 16.0. The van der Waals surface area contributed by atoms with E-state index in [0.29, 0.717) is 19.8 Å². The van der Waals surface area contributed by atoms with Gasteiger partial charge in [0, 0.05) is 0 Å². The van der Waals surface area contributed by atoms with E-state index in [1.807, 2.05) is 42.5 Å². The van der Waals surface area contributed by atoms with Crippen LogP contribution in [0.5, 0.6) is 0 Å². The van der Waals surface area contributed by atoms with Crippen LogP contribution >= 0.6 is 0 Å². The standard InChI is InChI=1S/C21H25N3O4/c1-21(17-7-6-15-4-2-3-5-16(15)12-17)19(26)24(20(27)22-21)14-18(25)13-23-8-10-28-11-9-23/h2-7,12,18,25H,8-11,13-14H2,1H3,(H,22,27)/p+1/t18-,21-/m0/s1. The molecule has 2 aromatic rings. The van der Waals surface area contributed by atoms with Crippen LogP contribution in [0.15, 0.2) is 42.5 Å². The van der Waals surface area contributed by atoms with Gasteiger partial charge < -0.3 is 20.1 Å². The Morgan fingerprint density at radius 2 is 1.89 bits per heavy atom. The summed E-state index contributed by atoms with van der Waals surface area (Å²) in [5, 5.41) is 15.4. The number of nitrogens with one attached hydrogen (secondary N) is 2. The van der Waals surface area contributed by atoms with E-state index >= 15 is 0 Å². The minimum atomic E-state index is -1.13. The lowest BCUT2D eigenvalue weighted by molar-refractivity contribution is -0.910. The van der Waals surface area contributed by atoms with Gasteiger partial charge in [0.1, 0.15) is 31.3 Å². The molecule has 2 aliphatic rings. The van der Waals surface area contributed by atoms with Crippen molar-refractivity contribution in [3.05, 3.63) is 48.0 Å². The van der Waals surface area contributed by atoms with E-state index in [9.17, 15) is 14.7 Å². The van der Waals surface area contributed by atoms with Crippen molar-refractivity contribution in [2.24, 2.45) is 0 Å². The number of imide groups is 1. The zero-order chi connectivity index (χ0) is 19.7. The number of carbonyl (C=O) groups excluding carboxylic acids is 2. The molecule has 7 heteroatoms. The van der Waals surface area contributed by atoms with Crippen LogP contribution < -0.4 is 10.2 Å². The lowest BCUT2D eigenvalue weighted by Crippen LogP contribution is -3.15. The Balaban J connectivity index is 1.50. The second-order valence-corrected chi connectivity index (χ2v) is 7.75. The minimum absolute atomic E-state index is 0.00179. The van der Waals surface area contributed by atoms with Crippen molar-refractivity contribution in [1.82, 2.24) is 10.2 Å². The van der Waals surface area contributed by atoms with Crippen LogP contribution in [-0.2, 0) is 15.1 Å². The minimum Gasteiger partial charge on any atom is -0.385 e. The Morgan fingerprint density at radius 1 is 1.18 bits per heavy atom. The molecule has 0 aliphatic carbocycles. The SMILES string of the molecule is C[C@@]1(c2ccc3ccccc3c2)NC(=O)N(C[C@@H](O)C[NH+]2CCOCC2)C1=O. The normalized spacial score (nSPS) is 24.6. The van der Waals surface area contributed by atoms with Crippen LogP contribution in [0.2, 0.25) is 0 Å². The van der Waals surface area contributed by atoms with Gasteiger partial charge in [-0.05, 0) is 29.3 Å². The lowest BCUT2D eigenvalue weighted by Gasteiger charge is -2.27. The monoisotopic (exact) mass is 384 g/mol. The summed E-state index contributed by atoms with van der Waals surface area (Å²) in [7, 11) is 0. The molecule has 3 N–H and O–H groups in total. The largest absolute Gasteiger partial charge is 0.385 e. The number of aliphatic hydroxyl groups is 1. The number of hydrogen-bond donors (Lipinski definition) is 3. The second-order valence-electron chi connectivity index (χ2n) is 7.75. The number of morpholine rings is 1. The van der Waals surface area contributed by atoms with Gasteiger partial charge in [-0.15, -0.1) is 0 Å². The second kappa shape index (κ2) is 7.50. The number of hydrogen-bond acceptors (Lipinski definition) is 4. The number of urea groups is 1. The average molecular weight is 384 g/mol. The van der Waals surface area contributed by atoms with Gasteiger partial charge in [0.25, 0.3) is 5.91 Å². The van der Waals surface area contributed by atoms with Gasteiger partial charge >= 0.3 is 6.03 Å². The fraction of sp³-hybridized carbons (Fsp3) is 0.429. The molecule has 0 spiro atoms. The van der Waals surface area contributed by atoms with Crippen molar-refractivity contribution in [1.29, 1.82) is 0 Å². The summed E-state index contributed by atoms with van der Waals surface area (Å²) >= 11 is 0. The Hall–Kier alpha value is -2.48. The summed E-state index contributed by atoms with van der Waals surface area (Å²) in [5.41, 5.74) is -0.396. The van der Waals surface area contributed by atoms with Crippen LogP contribution in [0.4, 0.5) is 4.79 Å². The van der Waals surface area contributed by atoms with Crippen molar-refractivity contribution < 1.29 is 24.3 Å². The molecule has 2 fully saturated rings. The summed E-state index contributed by atoms with van der Waals surface area (Å²) in [4.78, 5) is 28.0. The highest BCUT2D eigenvalue weighted by Gasteiger charge is 2.49. The van der Waals surface area contributed by atoms with Gasteiger partial charge in [-0.1, -0.05) is 36.4 Å². The average Bonchev–Trinajstić information content (AvgIpc) is 2.92. The van der Waals surface area contributed by atoms with Crippen molar-refractivity contribution in [3.8, 4) is 0 Å². The van der Waals surface area contributed by atoms with Crippen molar-refractivity contribution in [3.63, 3.8) is 0 Å². The fourth-order valence-electron chi connectivity index (χ4n) is 4.03. The maximum absolute atomic E-state index is 13.1. The Kier molecular flexibility index (Phi) is 5.05. The van der Waals surface area contributed by atoms with E-state index in [2.05, 4.69) is 5.32 Å². The molecule has 3 amide bonds. The number of carbonyl (C=O) groups is 2. The number of quaternary nitrogens is 1. The van der Waals surface area contributed by atoms with E-state index in [0.717, 1.165) is 34.3 Å². The van der Waals surface area contributed by atoms with Crippen molar-refractivity contribution in [2.45, 2.75) is 18.6 Å². The maximum Gasteiger partial charge on any atom is 0.325 e. The quantitative estimate of drug-likeness (QED) is 0.628. The summed E-state index contributed by atoms with van der Waals surface area (Å²) in [5.74, 6) is -0.330. The topological polar surface area (TPSA) is 83.3 Å². The number of rotatable bonds is 5. The van der Waals surface area contributed by atoms with Gasteiger partial charge in [0.15, 0.2) is 0 Å². The molecule has 0 aromatic heterocycles. The number of aliphatic hydroxyl groups excluding tert-OH is 1. The van der Waals surface area contributed by atoms with Crippen LogP contribution in [0.3, 0.4) is 0 Å². The van der Waals surface area contributed by atoms with Crippen LogP contribution in [0, 0.1) is 0 Å². The molecule has 7 nitrogen and oxygen atoms in total. The molecular formula is C21H26N3O4+. The predicted molar refractivity (Wildman–Crippen MR) is 104 cm³/mol. The molecule has 148 valence electrons. The molecule has 2 aromatic carbocycles.